The van der Waals surface area contributed by atoms with Crippen LogP contribution in [-0.2, 0) is 4.79 Å². The molecule has 1 aliphatic rings. The quantitative estimate of drug-likeness (QED) is 0.802. The fourth-order valence-corrected chi connectivity index (χ4v) is 2.18. The van der Waals surface area contributed by atoms with Gasteiger partial charge in [-0.15, -0.1) is 0 Å². The van der Waals surface area contributed by atoms with Gasteiger partial charge in [-0.05, 0) is 6.92 Å². The number of nitrogens with zero attached hydrogens (tertiary/aromatic N) is 5. The second-order valence-electron chi connectivity index (χ2n) is 4.82. The Morgan fingerprint density at radius 2 is 2.16 bits per heavy atom. The minimum atomic E-state index is 0.110. The summed E-state index contributed by atoms with van der Waals surface area (Å²) < 4.78 is 1.86. The van der Waals surface area contributed by atoms with Crippen molar-refractivity contribution >= 4 is 5.91 Å². The first-order valence-corrected chi connectivity index (χ1v) is 6.23. The maximum atomic E-state index is 11.2. The van der Waals surface area contributed by atoms with Crippen LogP contribution in [0.4, 0.5) is 0 Å². The van der Waals surface area contributed by atoms with Crippen molar-refractivity contribution in [2.75, 3.05) is 13.1 Å². The number of amides is 1. The number of carbonyl (C=O) groups is 1. The highest BCUT2D eigenvalue weighted by Crippen LogP contribution is 2.25. The van der Waals surface area contributed by atoms with Crippen molar-refractivity contribution in [3.8, 4) is 5.82 Å². The lowest BCUT2D eigenvalue weighted by molar-refractivity contribution is -0.133. The molecule has 0 aliphatic carbocycles. The van der Waals surface area contributed by atoms with Gasteiger partial charge < -0.3 is 4.90 Å². The number of aromatic nitrogens is 4. The number of rotatable bonds is 2. The summed E-state index contributed by atoms with van der Waals surface area (Å²) in [5, 5.41) is 0. The molecule has 0 aromatic carbocycles. The van der Waals surface area contributed by atoms with Crippen LogP contribution >= 0.6 is 0 Å². The van der Waals surface area contributed by atoms with Gasteiger partial charge in [-0.3, -0.25) is 9.36 Å². The van der Waals surface area contributed by atoms with Gasteiger partial charge >= 0.3 is 0 Å². The zero-order valence-corrected chi connectivity index (χ0v) is 10.9. The fraction of sp³-hybridized carbons (Fsp3) is 0.385. The Balaban J connectivity index is 1.86. The molecule has 1 amide bonds. The van der Waals surface area contributed by atoms with Crippen LogP contribution in [0.5, 0.6) is 0 Å². The second-order valence-corrected chi connectivity index (χ2v) is 4.82. The van der Waals surface area contributed by atoms with Gasteiger partial charge in [0.1, 0.15) is 18.0 Å². The predicted octanol–water partition coefficient (Wildman–Crippen LogP) is 0.916. The second kappa shape index (κ2) is 4.46. The maximum Gasteiger partial charge on any atom is 0.219 e. The largest absolute Gasteiger partial charge is 0.341 e. The summed E-state index contributed by atoms with van der Waals surface area (Å²) in [5.74, 6) is 1.98. The molecule has 0 unspecified atom stereocenters. The molecule has 19 heavy (non-hydrogen) atoms. The van der Waals surface area contributed by atoms with E-state index in [2.05, 4.69) is 15.0 Å². The van der Waals surface area contributed by atoms with Crippen molar-refractivity contribution in [3.05, 3.63) is 36.3 Å². The van der Waals surface area contributed by atoms with E-state index < -0.39 is 0 Å². The first kappa shape index (κ1) is 11.8. The average molecular weight is 257 g/mol. The van der Waals surface area contributed by atoms with E-state index in [4.69, 9.17) is 0 Å². The van der Waals surface area contributed by atoms with Crippen LogP contribution in [0.2, 0.25) is 0 Å². The number of hydrogen-bond acceptors (Lipinski definition) is 4. The van der Waals surface area contributed by atoms with Crippen LogP contribution < -0.4 is 0 Å². The molecule has 3 heterocycles. The molecule has 0 saturated carbocycles. The molecule has 2 aromatic rings. The Morgan fingerprint density at radius 1 is 1.37 bits per heavy atom. The Morgan fingerprint density at radius 3 is 2.79 bits per heavy atom. The number of hydrogen-bond donors (Lipinski definition) is 0. The van der Waals surface area contributed by atoms with E-state index in [9.17, 15) is 4.79 Å². The van der Waals surface area contributed by atoms with Crippen molar-refractivity contribution in [1.82, 2.24) is 24.4 Å². The average Bonchev–Trinajstić information content (AvgIpc) is 2.78. The third-order valence-electron chi connectivity index (χ3n) is 3.32. The van der Waals surface area contributed by atoms with Gasteiger partial charge in [0.25, 0.3) is 0 Å². The van der Waals surface area contributed by atoms with E-state index in [1.54, 1.807) is 24.3 Å². The van der Waals surface area contributed by atoms with Gasteiger partial charge in [0.2, 0.25) is 5.91 Å². The fourth-order valence-electron chi connectivity index (χ4n) is 2.18. The van der Waals surface area contributed by atoms with E-state index in [1.807, 2.05) is 23.8 Å². The van der Waals surface area contributed by atoms with Gasteiger partial charge in [-0.2, -0.15) is 0 Å². The topological polar surface area (TPSA) is 63.9 Å². The van der Waals surface area contributed by atoms with Gasteiger partial charge in [-0.1, -0.05) is 0 Å². The Labute approximate surface area is 111 Å². The smallest absolute Gasteiger partial charge is 0.219 e. The third-order valence-corrected chi connectivity index (χ3v) is 3.32. The van der Waals surface area contributed by atoms with Gasteiger partial charge in [-0.25, -0.2) is 15.0 Å². The summed E-state index contributed by atoms with van der Waals surface area (Å²) in [6.07, 6.45) is 5.29. The third kappa shape index (κ3) is 2.21. The SMILES string of the molecule is CC(=O)N1CC(c2nc(C)cc(-n3ccnc3)n2)C1. The standard InChI is InChI=1S/C13H15N5O/c1-9-5-12(17-4-3-14-8-17)16-13(15-9)11-6-18(7-11)10(2)19/h3-5,8,11H,6-7H2,1-2H3. The van der Waals surface area contributed by atoms with Crippen molar-refractivity contribution in [2.45, 2.75) is 19.8 Å². The van der Waals surface area contributed by atoms with Crippen LogP contribution in [0.1, 0.15) is 24.4 Å². The van der Waals surface area contributed by atoms with Crippen molar-refractivity contribution < 1.29 is 4.79 Å². The highest BCUT2D eigenvalue weighted by atomic mass is 16.2. The molecule has 0 N–H and O–H groups in total. The lowest BCUT2D eigenvalue weighted by Crippen LogP contribution is -2.48. The molecule has 0 atom stereocenters. The highest BCUT2D eigenvalue weighted by Gasteiger charge is 2.32. The zero-order chi connectivity index (χ0) is 13.4. The van der Waals surface area contributed by atoms with E-state index in [-0.39, 0.29) is 11.8 Å². The van der Waals surface area contributed by atoms with Crippen LogP contribution in [0.25, 0.3) is 5.82 Å². The summed E-state index contributed by atoms with van der Waals surface area (Å²) in [6.45, 7) is 4.96. The zero-order valence-electron chi connectivity index (χ0n) is 10.9. The Kier molecular flexibility index (Phi) is 2.77. The molecule has 1 aliphatic heterocycles. The molecule has 0 radical (unpaired) electrons. The van der Waals surface area contributed by atoms with Crippen molar-refractivity contribution in [3.63, 3.8) is 0 Å². The van der Waals surface area contributed by atoms with Crippen molar-refractivity contribution in [2.24, 2.45) is 0 Å². The molecule has 0 spiro atoms. The van der Waals surface area contributed by atoms with Crippen molar-refractivity contribution in [1.29, 1.82) is 0 Å². The molecule has 1 fully saturated rings. The Bertz CT molecular complexity index is 602. The lowest BCUT2D eigenvalue weighted by atomic mass is 9.99. The first-order valence-electron chi connectivity index (χ1n) is 6.23. The van der Waals surface area contributed by atoms with Gasteiger partial charge in [0.05, 0.1) is 5.92 Å². The highest BCUT2D eigenvalue weighted by molar-refractivity contribution is 5.74. The molecular weight excluding hydrogens is 242 g/mol. The van der Waals surface area contributed by atoms with Crippen LogP contribution in [-0.4, -0.2) is 43.4 Å². The van der Waals surface area contributed by atoms with Crippen LogP contribution in [0.3, 0.4) is 0 Å². The number of carbonyl (C=O) groups excluding carboxylic acids is 1. The van der Waals surface area contributed by atoms with Crippen LogP contribution in [0.15, 0.2) is 24.8 Å². The molecule has 1 saturated heterocycles. The molecule has 98 valence electrons. The van der Waals surface area contributed by atoms with E-state index in [1.165, 1.54) is 0 Å². The Hall–Kier alpha value is -2.24. The van der Waals surface area contributed by atoms with E-state index in [0.29, 0.717) is 13.1 Å². The minimum Gasteiger partial charge on any atom is -0.341 e. The number of imidazole rings is 1. The summed E-state index contributed by atoms with van der Waals surface area (Å²) >= 11 is 0. The molecule has 6 heteroatoms. The summed E-state index contributed by atoms with van der Waals surface area (Å²) in [4.78, 5) is 26.1. The monoisotopic (exact) mass is 257 g/mol. The molecule has 3 rings (SSSR count). The van der Waals surface area contributed by atoms with E-state index in [0.717, 1.165) is 17.3 Å². The molecular formula is C13H15N5O. The molecule has 2 aromatic heterocycles. The van der Waals surface area contributed by atoms with Crippen LogP contribution in [0, 0.1) is 6.92 Å². The number of likely N-dealkylation sites (tertiary alicyclic amines) is 1. The molecule has 0 bridgehead atoms. The summed E-state index contributed by atoms with van der Waals surface area (Å²) in [6, 6.07) is 1.92. The maximum absolute atomic E-state index is 11.2. The van der Waals surface area contributed by atoms with E-state index >= 15 is 0 Å². The molecule has 6 nitrogen and oxygen atoms in total. The lowest BCUT2D eigenvalue weighted by Gasteiger charge is -2.37. The first-order chi connectivity index (χ1) is 9.13. The number of aryl methyl sites for hydroxylation is 1. The summed E-state index contributed by atoms with van der Waals surface area (Å²) in [7, 11) is 0. The minimum absolute atomic E-state index is 0.110. The summed E-state index contributed by atoms with van der Waals surface area (Å²) in [5.41, 5.74) is 0.926. The normalized spacial score (nSPS) is 15.4. The van der Waals surface area contributed by atoms with Gasteiger partial charge in [0.15, 0.2) is 0 Å². The predicted molar refractivity (Wildman–Crippen MR) is 68.9 cm³/mol. The van der Waals surface area contributed by atoms with Gasteiger partial charge in [0, 0.05) is 44.2 Å².